The van der Waals surface area contributed by atoms with Gasteiger partial charge >= 0.3 is 0 Å². The molecule has 5 heteroatoms. The minimum Gasteiger partial charge on any atom is -0.299 e. The predicted molar refractivity (Wildman–Crippen MR) is 80.6 cm³/mol. The van der Waals surface area contributed by atoms with E-state index in [1.54, 1.807) is 12.1 Å². The number of carbonyl (C=O) groups is 1. The molecule has 0 amide bonds. The van der Waals surface area contributed by atoms with Crippen molar-refractivity contribution < 1.29 is 17.8 Å². The molecular weight excluding hydrogens is 288 g/mol. The molecule has 3 rings (SSSR count). The Balaban J connectivity index is 0.000000154. The predicted octanol–water partition coefficient (Wildman–Crippen LogP) is 3.25. The van der Waals surface area contributed by atoms with Gasteiger partial charge in [-0.1, -0.05) is 31.5 Å². The van der Waals surface area contributed by atoms with Crippen molar-refractivity contribution in [3.8, 4) is 0 Å². The highest BCUT2D eigenvalue weighted by molar-refractivity contribution is 7.85. The fourth-order valence-corrected chi connectivity index (χ4v) is 3.89. The zero-order valence-electron chi connectivity index (χ0n) is 12.7. The van der Waals surface area contributed by atoms with Crippen LogP contribution in [0.5, 0.6) is 0 Å². The van der Waals surface area contributed by atoms with Gasteiger partial charge in [-0.25, -0.2) is 0 Å². The zero-order chi connectivity index (χ0) is 15.8. The van der Waals surface area contributed by atoms with Gasteiger partial charge in [0.2, 0.25) is 0 Å². The molecule has 0 spiro atoms. The fraction of sp³-hybridized carbons (Fsp3) is 0.562. The molecule has 0 radical (unpaired) electrons. The minimum absolute atomic E-state index is 0.0666. The van der Waals surface area contributed by atoms with Crippen LogP contribution in [0.25, 0.3) is 0 Å². The smallest absolute Gasteiger partial charge is 0.294 e. The van der Waals surface area contributed by atoms with Gasteiger partial charge in [-0.3, -0.25) is 9.35 Å². The lowest BCUT2D eigenvalue weighted by Gasteiger charge is -2.22. The van der Waals surface area contributed by atoms with Crippen LogP contribution in [0.4, 0.5) is 0 Å². The number of carbonyl (C=O) groups excluding carboxylic acids is 1. The largest absolute Gasteiger partial charge is 0.299 e. The second-order valence-corrected chi connectivity index (χ2v) is 7.93. The molecule has 0 aliphatic heterocycles. The number of hydrogen-bond acceptors (Lipinski definition) is 3. The summed E-state index contributed by atoms with van der Waals surface area (Å²) in [5, 5.41) is 0. The Morgan fingerprint density at radius 1 is 1.24 bits per heavy atom. The second kappa shape index (κ2) is 5.54. The van der Waals surface area contributed by atoms with Gasteiger partial charge in [-0.05, 0) is 44.2 Å². The van der Waals surface area contributed by atoms with Gasteiger partial charge in [0.15, 0.2) is 0 Å². The van der Waals surface area contributed by atoms with Crippen LogP contribution < -0.4 is 0 Å². The topological polar surface area (TPSA) is 71.4 Å². The van der Waals surface area contributed by atoms with E-state index in [0.29, 0.717) is 11.7 Å². The third-order valence-electron chi connectivity index (χ3n) is 4.81. The third kappa shape index (κ3) is 3.35. The first-order valence-corrected chi connectivity index (χ1v) is 8.66. The summed E-state index contributed by atoms with van der Waals surface area (Å²) in [6, 6.07) is 5.99. The minimum atomic E-state index is -4.02. The van der Waals surface area contributed by atoms with Crippen LogP contribution in [0.3, 0.4) is 0 Å². The van der Waals surface area contributed by atoms with E-state index in [4.69, 9.17) is 4.55 Å². The lowest BCUT2D eigenvalue weighted by Crippen LogP contribution is -2.26. The molecule has 2 bridgehead atoms. The third-order valence-corrected chi connectivity index (χ3v) is 5.68. The number of fused-ring (bicyclic) bond motifs is 2. The Bertz CT molecular complexity index is 633. The second-order valence-electron chi connectivity index (χ2n) is 6.50. The zero-order valence-corrected chi connectivity index (χ0v) is 13.5. The van der Waals surface area contributed by atoms with Crippen LogP contribution in [-0.4, -0.2) is 18.8 Å². The molecule has 116 valence electrons. The molecule has 0 aromatic heterocycles. The maximum atomic E-state index is 11.5. The van der Waals surface area contributed by atoms with E-state index in [1.165, 1.54) is 25.0 Å². The highest BCUT2D eigenvalue weighted by Crippen LogP contribution is 2.53. The number of aryl methyl sites for hydroxylation is 1. The van der Waals surface area contributed by atoms with E-state index in [1.807, 2.05) is 6.92 Å². The quantitative estimate of drug-likeness (QED) is 0.808. The molecule has 2 saturated carbocycles. The summed E-state index contributed by atoms with van der Waals surface area (Å²) in [6.45, 7) is 6.07. The van der Waals surface area contributed by atoms with Crippen LogP contribution in [0.15, 0.2) is 29.2 Å². The maximum absolute atomic E-state index is 11.5. The van der Waals surface area contributed by atoms with Gasteiger partial charge in [0, 0.05) is 11.3 Å². The van der Waals surface area contributed by atoms with Crippen LogP contribution in [0.1, 0.15) is 38.7 Å². The van der Waals surface area contributed by atoms with Crippen molar-refractivity contribution in [2.45, 2.75) is 44.9 Å². The van der Waals surface area contributed by atoms with Crippen molar-refractivity contribution in [2.24, 2.45) is 17.3 Å². The summed E-state index contributed by atoms with van der Waals surface area (Å²) in [6.07, 6.45) is 3.62. The number of Topliss-reactive ketones (excluding diaryl/α,β-unsaturated/α-hetero) is 1. The van der Waals surface area contributed by atoms with Crippen LogP contribution >= 0.6 is 0 Å². The molecule has 0 heterocycles. The molecule has 21 heavy (non-hydrogen) atoms. The van der Waals surface area contributed by atoms with E-state index in [-0.39, 0.29) is 10.3 Å². The van der Waals surface area contributed by atoms with Crippen LogP contribution in [0, 0.1) is 24.2 Å². The molecule has 1 aromatic rings. The van der Waals surface area contributed by atoms with Gasteiger partial charge in [-0.2, -0.15) is 8.42 Å². The summed E-state index contributed by atoms with van der Waals surface area (Å²) in [7, 11) is -4.02. The Labute approximate surface area is 126 Å². The summed E-state index contributed by atoms with van der Waals surface area (Å²) in [5.74, 6) is 1.64. The Morgan fingerprint density at radius 3 is 2.14 bits per heavy atom. The molecule has 0 saturated heterocycles. The van der Waals surface area contributed by atoms with Gasteiger partial charge in [0.1, 0.15) is 5.78 Å². The van der Waals surface area contributed by atoms with E-state index in [9.17, 15) is 13.2 Å². The Kier molecular flexibility index (Phi) is 4.26. The first-order chi connectivity index (χ1) is 9.63. The molecular formula is C16H22O4S. The number of hydrogen-bond donors (Lipinski definition) is 1. The van der Waals surface area contributed by atoms with Crippen molar-refractivity contribution in [3.05, 3.63) is 29.8 Å². The van der Waals surface area contributed by atoms with E-state index in [2.05, 4.69) is 13.8 Å². The SMILES string of the molecule is CC1C(=O)C2(C)CCC1C2.Cc1ccc(S(=O)(=O)O)cc1. The molecule has 3 atom stereocenters. The molecule has 2 aliphatic carbocycles. The summed E-state index contributed by atoms with van der Waals surface area (Å²) in [4.78, 5) is 11.4. The number of benzene rings is 1. The van der Waals surface area contributed by atoms with Crippen LogP contribution in [-0.2, 0) is 14.9 Å². The summed E-state index contributed by atoms with van der Waals surface area (Å²) >= 11 is 0. The van der Waals surface area contributed by atoms with Gasteiger partial charge < -0.3 is 0 Å². The normalized spacial score (nSPS) is 31.0. The summed E-state index contributed by atoms with van der Waals surface area (Å²) < 4.78 is 29.6. The van der Waals surface area contributed by atoms with E-state index >= 15 is 0 Å². The molecule has 2 aliphatic rings. The molecule has 4 nitrogen and oxygen atoms in total. The molecule has 1 aromatic carbocycles. The van der Waals surface area contributed by atoms with Gasteiger partial charge in [-0.15, -0.1) is 0 Å². The van der Waals surface area contributed by atoms with Crippen molar-refractivity contribution in [1.82, 2.24) is 0 Å². The van der Waals surface area contributed by atoms with Gasteiger partial charge in [0.05, 0.1) is 4.90 Å². The van der Waals surface area contributed by atoms with Crippen molar-refractivity contribution >= 4 is 15.9 Å². The average molecular weight is 310 g/mol. The molecule has 1 N–H and O–H groups in total. The van der Waals surface area contributed by atoms with Gasteiger partial charge in [0.25, 0.3) is 10.1 Å². The maximum Gasteiger partial charge on any atom is 0.294 e. The molecule has 3 unspecified atom stereocenters. The average Bonchev–Trinajstić information content (AvgIpc) is 2.88. The number of ketones is 1. The van der Waals surface area contributed by atoms with Crippen LogP contribution in [0.2, 0.25) is 0 Å². The van der Waals surface area contributed by atoms with E-state index < -0.39 is 10.1 Å². The van der Waals surface area contributed by atoms with Crippen molar-refractivity contribution in [2.75, 3.05) is 0 Å². The van der Waals surface area contributed by atoms with Crippen molar-refractivity contribution in [3.63, 3.8) is 0 Å². The summed E-state index contributed by atoms with van der Waals surface area (Å²) in [5.41, 5.74) is 1.06. The molecule has 2 fully saturated rings. The number of rotatable bonds is 1. The first kappa shape index (κ1) is 16.2. The fourth-order valence-electron chi connectivity index (χ4n) is 3.41. The highest BCUT2D eigenvalue weighted by Gasteiger charge is 2.52. The Morgan fingerprint density at radius 2 is 1.81 bits per heavy atom. The monoisotopic (exact) mass is 310 g/mol. The highest BCUT2D eigenvalue weighted by atomic mass is 32.2. The lowest BCUT2D eigenvalue weighted by molar-refractivity contribution is -0.129. The van der Waals surface area contributed by atoms with Crippen molar-refractivity contribution in [1.29, 1.82) is 0 Å². The standard InChI is InChI=1S/C9H14O.C7H8O3S/c1-6-7-3-4-9(2,5-7)8(6)10;1-6-2-4-7(5-3-6)11(8,9)10/h6-7H,3-5H2,1-2H3;2-5H,1H3,(H,8,9,10). The lowest BCUT2D eigenvalue weighted by atomic mass is 9.81. The Hall–Kier alpha value is -1.20. The first-order valence-electron chi connectivity index (χ1n) is 7.22. The van der Waals surface area contributed by atoms with E-state index in [0.717, 1.165) is 17.9 Å².